The average molecular weight is 433 g/mol. The van der Waals surface area contributed by atoms with E-state index in [9.17, 15) is 9.90 Å². The van der Waals surface area contributed by atoms with E-state index in [2.05, 4.69) is 22.3 Å². The number of ketones is 1. The van der Waals surface area contributed by atoms with Crippen molar-refractivity contribution in [3.8, 4) is 11.5 Å². The van der Waals surface area contributed by atoms with Crippen molar-refractivity contribution in [1.82, 2.24) is 30.0 Å². The minimum absolute atomic E-state index is 0.0348. The molecule has 0 unspecified atom stereocenters. The summed E-state index contributed by atoms with van der Waals surface area (Å²) in [7, 11) is 1.91. The van der Waals surface area contributed by atoms with Crippen molar-refractivity contribution in [2.45, 2.75) is 52.0 Å². The lowest BCUT2D eigenvalue weighted by atomic mass is 9.50. The Morgan fingerprint density at radius 3 is 2.66 bits per heavy atom. The van der Waals surface area contributed by atoms with Crippen LogP contribution in [0.15, 0.2) is 42.2 Å². The van der Waals surface area contributed by atoms with Gasteiger partial charge in [0.15, 0.2) is 5.78 Å². The number of hydrogen-bond acceptors (Lipinski definition) is 6. The van der Waals surface area contributed by atoms with E-state index >= 15 is 0 Å². The number of allylic oxidation sites excluding steroid dienone is 1. The lowest BCUT2D eigenvalue weighted by Gasteiger charge is -2.52. The van der Waals surface area contributed by atoms with E-state index in [0.29, 0.717) is 24.4 Å². The molecule has 2 aliphatic carbocycles. The molecular formula is C24H28N6O2. The van der Waals surface area contributed by atoms with Crippen LogP contribution >= 0.6 is 0 Å². The highest BCUT2D eigenvalue weighted by Crippen LogP contribution is 2.57. The van der Waals surface area contributed by atoms with Crippen LogP contribution in [-0.2, 0) is 30.2 Å². The molecule has 2 atom stereocenters. The number of carbonyl (C=O) groups is 1. The molecule has 1 fully saturated rings. The van der Waals surface area contributed by atoms with E-state index in [4.69, 9.17) is 5.10 Å². The lowest BCUT2D eigenvalue weighted by Crippen LogP contribution is -2.53. The summed E-state index contributed by atoms with van der Waals surface area (Å²) in [5.41, 5.74) is 3.64. The van der Waals surface area contributed by atoms with Gasteiger partial charge in [-0.05, 0) is 36.0 Å². The maximum atomic E-state index is 12.9. The number of aliphatic hydroxyl groups is 1. The maximum Gasteiger partial charge on any atom is 0.223 e. The van der Waals surface area contributed by atoms with Gasteiger partial charge in [0.2, 0.25) is 5.82 Å². The van der Waals surface area contributed by atoms with Crippen molar-refractivity contribution in [3.63, 3.8) is 0 Å². The third kappa shape index (κ3) is 2.92. The molecule has 2 aromatic heterocycles. The molecule has 0 bridgehead atoms. The van der Waals surface area contributed by atoms with Crippen molar-refractivity contribution < 1.29 is 9.90 Å². The standard InChI is InChI=1S/C24H28N6O2/c1-23(2)18-11-10-17-19(22-25-28-30(27-22)13-15-8-6-5-7-9-15)29(4)26-20(17)24(18,3)12-16(14-31)21(23)32/h5-9,14,18,31H,10-13H2,1-4H3/b16-14-/t18-,24-/m0/s1. The summed E-state index contributed by atoms with van der Waals surface area (Å²) in [6.07, 6.45) is 3.15. The summed E-state index contributed by atoms with van der Waals surface area (Å²) < 4.78 is 1.84. The van der Waals surface area contributed by atoms with Gasteiger partial charge in [-0.3, -0.25) is 9.48 Å². The van der Waals surface area contributed by atoms with Gasteiger partial charge in [0.05, 0.1) is 18.5 Å². The third-order valence-electron chi connectivity index (χ3n) is 7.43. The number of aliphatic hydroxyl groups excluding tert-OH is 1. The molecule has 0 spiro atoms. The smallest absolute Gasteiger partial charge is 0.223 e. The summed E-state index contributed by atoms with van der Waals surface area (Å²) in [5.74, 6) is 0.735. The molecule has 8 nitrogen and oxygen atoms in total. The number of nitrogens with zero attached hydrogens (tertiary/aromatic N) is 6. The first-order valence-electron chi connectivity index (χ1n) is 11.0. The molecule has 32 heavy (non-hydrogen) atoms. The molecule has 2 heterocycles. The van der Waals surface area contributed by atoms with E-state index < -0.39 is 5.41 Å². The van der Waals surface area contributed by atoms with Crippen LogP contribution in [0.1, 0.15) is 50.4 Å². The van der Waals surface area contributed by atoms with Crippen molar-refractivity contribution in [2.75, 3.05) is 0 Å². The van der Waals surface area contributed by atoms with E-state index in [1.54, 1.807) is 4.80 Å². The molecule has 0 saturated heterocycles. The largest absolute Gasteiger partial charge is 0.515 e. The van der Waals surface area contributed by atoms with Crippen LogP contribution in [0.5, 0.6) is 0 Å². The van der Waals surface area contributed by atoms with E-state index in [-0.39, 0.29) is 17.1 Å². The Morgan fingerprint density at radius 1 is 1.19 bits per heavy atom. The van der Waals surface area contributed by atoms with Crippen LogP contribution in [0.4, 0.5) is 0 Å². The van der Waals surface area contributed by atoms with Gasteiger partial charge in [0.25, 0.3) is 0 Å². The monoisotopic (exact) mass is 432 g/mol. The van der Waals surface area contributed by atoms with Crippen LogP contribution in [0.3, 0.4) is 0 Å². The van der Waals surface area contributed by atoms with Gasteiger partial charge >= 0.3 is 0 Å². The molecule has 2 aliphatic rings. The van der Waals surface area contributed by atoms with E-state index in [0.717, 1.165) is 41.6 Å². The molecule has 3 aromatic rings. The zero-order chi connectivity index (χ0) is 22.7. The SMILES string of the molecule is Cn1nc2c(c1-c1nnn(Cc3ccccc3)n1)CC[C@H]1C(C)(C)C(=O)/C(=C\O)C[C@]21C. The van der Waals surface area contributed by atoms with Gasteiger partial charge in [-0.15, -0.1) is 10.2 Å². The lowest BCUT2D eigenvalue weighted by molar-refractivity contribution is -0.131. The fourth-order valence-corrected chi connectivity index (χ4v) is 5.98. The maximum absolute atomic E-state index is 12.9. The molecular weight excluding hydrogens is 404 g/mol. The van der Waals surface area contributed by atoms with Crippen LogP contribution < -0.4 is 0 Å². The van der Waals surface area contributed by atoms with Gasteiger partial charge in [-0.25, -0.2) is 0 Å². The van der Waals surface area contributed by atoms with Crippen LogP contribution in [0.2, 0.25) is 0 Å². The Bertz CT molecular complexity index is 1220. The van der Waals surface area contributed by atoms with Crippen molar-refractivity contribution in [2.24, 2.45) is 18.4 Å². The topological polar surface area (TPSA) is 98.7 Å². The Labute approximate surface area is 186 Å². The van der Waals surface area contributed by atoms with Crippen LogP contribution in [0, 0.1) is 11.3 Å². The average Bonchev–Trinajstić information content (AvgIpc) is 3.35. The highest BCUT2D eigenvalue weighted by molar-refractivity contribution is 6.01. The van der Waals surface area contributed by atoms with Gasteiger partial charge in [0, 0.05) is 29.0 Å². The second-order valence-electron chi connectivity index (χ2n) is 9.82. The first kappa shape index (κ1) is 20.6. The van der Waals surface area contributed by atoms with E-state index in [1.807, 2.05) is 55.9 Å². The Balaban J connectivity index is 1.55. The zero-order valence-electron chi connectivity index (χ0n) is 18.9. The highest BCUT2D eigenvalue weighted by atomic mass is 16.2. The fourth-order valence-electron chi connectivity index (χ4n) is 5.98. The predicted octanol–water partition coefficient (Wildman–Crippen LogP) is 3.38. The number of tetrazole rings is 1. The first-order chi connectivity index (χ1) is 15.3. The molecule has 0 aliphatic heterocycles. The molecule has 0 amide bonds. The molecule has 8 heteroatoms. The number of aryl methyl sites for hydroxylation is 1. The molecule has 5 rings (SSSR count). The second kappa shape index (κ2) is 7.12. The number of rotatable bonds is 3. The van der Waals surface area contributed by atoms with Gasteiger partial charge in [-0.1, -0.05) is 51.1 Å². The van der Waals surface area contributed by atoms with E-state index in [1.165, 1.54) is 0 Å². The number of benzene rings is 1. The number of fused-ring (bicyclic) bond motifs is 3. The minimum atomic E-state index is -0.562. The fraction of sp³-hybridized carbons (Fsp3) is 0.458. The Hall–Kier alpha value is -3.29. The highest BCUT2D eigenvalue weighted by Gasteiger charge is 2.57. The number of Topliss-reactive ketones (excluding diaryl/α,β-unsaturated/α-hetero) is 1. The Kier molecular flexibility index (Phi) is 4.58. The molecule has 1 N–H and O–H groups in total. The summed E-state index contributed by atoms with van der Waals surface area (Å²) in [6, 6.07) is 10.0. The van der Waals surface area contributed by atoms with Crippen molar-refractivity contribution in [1.29, 1.82) is 0 Å². The molecule has 0 radical (unpaired) electrons. The van der Waals surface area contributed by atoms with Crippen LogP contribution in [-0.4, -0.2) is 40.9 Å². The van der Waals surface area contributed by atoms with Crippen LogP contribution in [0.25, 0.3) is 11.5 Å². The molecule has 166 valence electrons. The summed E-state index contributed by atoms with van der Waals surface area (Å²) in [4.78, 5) is 14.6. The minimum Gasteiger partial charge on any atom is -0.515 e. The first-order valence-corrected chi connectivity index (χ1v) is 11.0. The number of hydrogen-bond donors (Lipinski definition) is 1. The van der Waals surface area contributed by atoms with Gasteiger partial charge < -0.3 is 5.11 Å². The quantitative estimate of drug-likeness (QED) is 0.503. The van der Waals surface area contributed by atoms with Crippen molar-refractivity contribution >= 4 is 5.78 Å². The number of aromatic nitrogens is 6. The van der Waals surface area contributed by atoms with Crippen molar-refractivity contribution in [3.05, 3.63) is 59.0 Å². The summed E-state index contributed by atoms with van der Waals surface area (Å²) in [5, 5.41) is 27.9. The van der Waals surface area contributed by atoms with Gasteiger partial charge in [-0.2, -0.15) is 9.90 Å². The zero-order valence-corrected chi connectivity index (χ0v) is 18.9. The van der Waals surface area contributed by atoms with Gasteiger partial charge in [0.1, 0.15) is 5.69 Å². The number of carbonyl (C=O) groups excluding carboxylic acids is 1. The second-order valence-corrected chi connectivity index (χ2v) is 9.82. The summed E-state index contributed by atoms with van der Waals surface area (Å²) in [6.45, 7) is 6.71. The summed E-state index contributed by atoms with van der Waals surface area (Å²) >= 11 is 0. The predicted molar refractivity (Wildman–Crippen MR) is 119 cm³/mol. The molecule has 1 aromatic carbocycles. The Morgan fingerprint density at radius 2 is 1.94 bits per heavy atom. The normalized spacial score (nSPS) is 25.6. The third-order valence-corrected chi connectivity index (χ3v) is 7.43. The molecule has 1 saturated carbocycles.